The summed E-state index contributed by atoms with van der Waals surface area (Å²) in [6.45, 7) is 4.50. The van der Waals surface area contributed by atoms with Gasteiger partial charge in [-0.15, -0.1) is 0 Å². The minimum absolute atomic E-state index is 0.643. The van der Waals surface area contributed by atoms with Crippen LogP contribution in [0.25, 0.3) is 0 Å². The summed E-state index contributed by atoms with van der Waals surface area (Å²) >= 11 is 6.41. The van der Waals surface area contributed by atoms with Crippen molar-refractivity contribution in [1.29, 1.82) is 0 Å². The highest BCUT2D eigenvalue weighted by atomic mass is 35.5. The predicted octanol–water partition coefficient (Wildman–Crippen LogP) is 3.26. The maximum absolute atomic E-state index is 6.41. The zero-order valence-electron chi connectivity index (χ0n) is 11.7. The molecule has 106 valence electrons. The molecule has 0 aliphatic carbocycles. The Balaban J connectivity index is 2.19. The molecule has 0 radical (unpaired) electrons. The quantitative estimate of drug-likeness (QED) is 0.887. The highest BCUT2D eigenvalue weighted by molar-refractivity contribution is 6.33. The summed E-state index contributed by atoms with van der Waals surface area (Å²) in [4.78, 5) is 6.30. The summed E-state index contributed by atoms with van der Waals surface area (Å²) in [7, 11) is 0. The van der Waals surface area contributed by atoms with Gasteiger partial charge in [0.15, 0.2) is 0 Å². The van der Waals surface area contributed by atoms with E-state index in [-0.39, 0.29) is 0 Å². The Morgan fingerprint density at radius 2 is 1.90 bits per heavy atom. The van der Waals surface area contributed by atoms with E-state index in [0.29, 0.717) is 6.54 Å². The number of nitrogens with two attached hydrogens (primary N) is 1. The molecule has 2 aromatic rings. The van der Waals surface area contributed by atoms with Crippen LogP contribution in [0.2, 0.25) is 5.02 Å². The average molecular weight is 290 g/mol. The lowest BCUT2D eigenvalue weighted by Crippen LogP contribution is -2.22. The van der Waals surface area contributed by atoms with Crippen molar-refractivity contribution in [2.45, 2.75) is 19.9 Å². The smallest absolute Gasteiger partial charge is 0.0642 e. The highest BCUT2D eigenvalue weighted by Crippen LogP contribution is 2.28. The minimum Gasteiger partial charge on any atom is -0.366 e. The summed E-state index contributed by atoms with van der Waals surface area (Å²) in [6.07, 6.45) is 4.49. The van der Waals surface area contributed by atoms with E-state index < -0.39 is 0 Å². The summed E-state index contributed by atoms with van der Waals surface area (Å²) < 4.78 is 0. The van der Waals surface area contributed by atoms with Crippen molar-refractivity contribution >= 4 is 17.3 Å². The Labute approximate surface area is 125 Å². The molecule has 0 atom stereocenters. The van der Waals surface area contributed by atoms with Crippen molar-refractivity contribution in [2.75, 3.05) is 18.0 Å². The lowest BCUT2D eigenvalue weighted by atomic mass is 10.1. The second-order valence-electron chi connectivity index (χ2n) is 4.69. The van der Waals surface area contributed by atoms with Crippen LogP contribution in [0.4, 0.5) is 5.69 Å². The Bertz CT molecular complexity index is 543. The van der Waals surface area contributed by atoms with E-state index in [1.165, 1.54) is 11.1 Å². The Morgan fingerprint density at radius 1 is 1.15 bits per heavy atom. The largest absolute Gasteiger partial charge is 0.366 e. The summed E-state index contributed by atoms with van der Waals surface area (Å²) in [5, 5.41) is 0.784. The number of pyridine rings is 1. The zero-order valence-corrected chi connectivity index (χ0v) is 12.5. The molecule has 0 saturated heterocycles. The van der Waals surface area contributed by atoms with Gasteiger partial charge in [0, 0.05) is 25.5 Å². The van der Waals surface area contributed by atoms with E-state index in [1.54, 1.807) is 0 Å². The molecule has 0 aliphatic rings. The Morgan fingerprint density at radius 3 is 2.50 bits per heavy atom. The van der Waals surface area contributed by atoms with Gasteiger partial charge in [-0.05, 0) is 55.3 Å². The molecule has 1 aromatic carbocycles. The lowest BCUT2D eigenvalue weighted by Gasteiger charge is -2.24. The molecule has 0 spiro atoms. The van der Waals surface area contributed by atoms with E-state index in [0.717, 1.165) is 30.2 Å². The molecule has 1 heterocycles. The fourth-order valence-electron chi connectivity index (χ4n) is 2.20. The van der Waals surface area contributed by atoms with Gasteiger partial charge in [-0.1, -0.05) is 17.7 Å². The van der Waals surface area contributed by atoms with E-state index in [1.807, 2.05) is 30.6 Å². The monoisotopic (exact) mass is 289 g/mol. The van der Waals surface area contributed by atoms with E-state index in [4.69, 9.17) is 17.3 Å². The van der Waals surface area contributed by atoms with Gasteiger partial charge in [0.1, 0.15) is 0 Å². The van der Waals surface area contributed by atoms with Gasteiger partial charge < -0.3 is 10.6 Å². The van der Waals surface area contributed by atoms with Crippen molar-refractivity contribution < 1.29 is 0 Å². The second kappa shape index (κ2) is 7.27. The zero-order chi connectivity index (χ0) is 14.4. The maximum Gasteiger partial charge on any atom is 0.0642 e. The van der Waals surface area contributed by atoms with Crippen molar-refractivity contribution in [3.63, 3.8) is 0 Å². The van der Waals surface area contributed by atoms with Crippen LogP contribution in [-0.2, 0) is 13.0 Å². The number of rotatable bonds is 6. The van der Waals surface area contributed by atoms with Crippen LogP contribution >= 0.6 is 11.6 Å². The maximum atomic E-state index is 6.41. The first-order chi connectivity index (χ1) is 9.74. The van der Waals surface area contributed by atoms with Crippen LogP contribution < -0.4 is 10.6 Å². The van der Waals surface area contributed by atoms with Gasteiger partial charge in [-0.3, -0.25) is 4.98 Å². The third-order valence-corrected chi connectivity index (χ3v) is 3.59. The molecule has 2 N–H and O–H groups in total. The number of aromatic nitrogens is 1. The van der Waals surface area contributed by atoms with Crippen LogP contribution in [0, 0.1) is 0 Å². The molecule has 0 aliphatic heterocycles. The molecular weight excluding hydrogens is 270 g/mol. The van der Waals surface area contributed by atoms with Crippen LogP contribution in [0.5, 0.6) is 0 Å². The molecule has 0 unspecified atom stereocenters. The summed E-state index contributed by atoms with van der Waals surface area (Å²) in [6, 6.07) is 10.2. The Hall–Kier alpha value is -1.58. The van der Waals surface area contributed by atoms with E-state index >= 15 is 0 Å². The van der Waals surface area contributed by atoms with Gasteiger partial charge in [0.05, 0.1) is 10.7 Å². The minimum atomic E-state index is 0.643. The van der Waals surface area contributed by atoms with Crippen molar-refractivity contribution in [3.8, 4) is 0 Å². The molecule has 3 nitrogen and oxygen atoms in total. The number of benzene rings is 1. The first-order valence-electron chi connectivity index (χ1n) is 6.87. The Kier molecular flexibility index (Phi) is 5.39. The van der Waals surface area contributed by atoms with Gasteiger partial charge in [0.2, 0.25) is 0 Å². The number of hydrogen-bond acceptors (Lipinski definition) is 3. The van der Waals surface area contributed by atoms with Gasteiger partial charge in [-0.2, -0.15) is 0 Å². The van der Waals surface area contributed by atoms with E-state index in [9.17, 15) is 0 Å². The standard InChI is InChI=1S/C16H20ClN3/c1-2-20(12-14-6-9-19-10-7-14)16-4-3-13(5-8-18)11-15(16)17/h3-4,6-7,9-11H,2,5,8,12,18H2,1H3. The molecule has 0 saturated carbocycles. The lowest BCUT2D eigenvalue weighted by molar-refractivity contribution is 0.829. The van der Waals surface area contributed by atoms with Gasteiger partial charge >= 0.3 is 0 Å². The molecule has 0 bridgehead atoms. The molecule has 2 rings (SSSR count). The van der Waals surface area contributed by atoms with Crippen molar-refractivity contribution in [3.05, 3.63) is 58.9 Å². The topological polar surface area (TPSA) is 42.2 Å². The molecule has 20 heavy (non-hydrogen) atoms. The summed E-state index contributed by atoms with van der Waals surface area (Å²) in [5.74, 6) is 0. The van der Waals surface area contributed by atoms with Crippen LogP contribution in [0.15, 0.2) is 42.7 Å². The molecule has 4 heteroatoms. The van der Waals surface area contributed by atoms with Crippen molar-refractivity contribution in [1.82, 2.24) is 4.98 Å². The van der Waals surface area contributed by atoms with Crippen molar-refractivity contribution in [2.24, 2.45) is 5.73 Å². The first kappa shape index (κ1) is 14.8. The van der Waals surface area contributed by atoms with Gasteiger partial charge in [-0.25, -0.2) is 0 Å². The molecular formula is C16H20ClN3. The summed E-state index contributed by atoms with van der Waals surface area (Å²) in [5.41, 5.74) is 9.05. The molecule has 0 fully saturated rings. The normalized spacial score (nSPS) is 10.6. The first-order valence-corrected chi connectivity index (χ1v) is 7.24. The fraction of sp³-hybridized carbons (Fsp3) is 0.312. The second-order valence-corrected chi connectivity index (χ2v) is 5.10. The SMILES string of the molecule is CCN(Cc1ccncc1)c1ccc(CCN)cc1Cl. The van der Waals surface area contributed by atoms with Crippen LogP contribution in [0.3, 0.4) is 0 Å². The van der Waals surface area contributed by atoms with Crippen LogP contribution in [-0.4, -0.2) is 18.1 Å². The third kappa shape index (κ3) is 3.71. The number of hydrogen-bond donors (Lipinski definition) is 1. The number of halogens is 1. The highest BCUT2D eigenvalue weighted by Gasteiger charge is 2.10. The van der Waals surface area contributed by atoms with Crippen LogP contribution in [0.1, 0.15) is 18.1 Å². The molecule has 1 aromatic heterocycles. The fourth-order valence-corrected chi connectivity index (χ4v) is 2.53. The third-order valence-electron chi connectivity index (χ3n) is 3.29. The number of nitrogens with zero attached hydrogens (tertiary/aromatic N) is 2. The number of anilines is 1. The van der Waals surface area contributed by atoms with E-state index in [2.05, 4.69) is 28.9 Å². The van der Waals surface area contributed by atoms with Gasteiger partial charge in [0.25, 0.3) is 0 Å². The predicted molar refractivity (Wildman–Crippen MR) is 85.2 cm³/mol. The average Bonchev–Trinajstić information content (AvgIpc) is 2.47. The molecule has 0 amide bonds.